The number of carboxylic acids is 1. The van der Waals surface area contributed by atoms with E-state index in [0.29, 0.717) is 18.9 Å². The Bertz CT molecular complexity index is 281. The van der Waals surface area contributed by atoms with Crippen LogP contribution < -0.4 is 5.32 Å². The molecule has 0 aromatic carbocycles. The summed E-state index contributed by atoms with van der Waals surface area (Å²) in [5, 5.41) is 11.7. The van der Waals surface area contributed by atoms with Crippen molar-refractivity contribution in [3.05, 3.63) is 0 Å². The molecule has 5 heteroatoms. The van der Waals surface area contributed by atoms with E-state index in [0.717, 1.165) is 6.42 Å². The van der Waals surface area contributed by atoms with Crippen LogP contribution in [0.2, 0.25) is 0 Å². The van der Waals surface area contributed by atoms with Gasteiger partial charge >= 0.3 is 12.0 Å². The number of aliphatic carboxylic acids is 1. The van der Waals surface area contributed by atoms with Gasteiger partial charge in [0, 0.05) is 13.6 Å². The van der Waals surface area contributed by atoms with Gasteiger partial charge in [0.2, 0.25) is 0 Å². The van der Waals surface area contributed by atoms with E-state index in [4.69, 9.17) is 5.11 Å². The minimum Gasteiger partial charge on any atom is -0.480 e. The second-order valence-corrected chi connectivity index (χ2v) is 5.04. The second kappa shape index (κ2) is 7.95. The van der Waals surface area contributed by atoms with E-state index in [1.165, 1.54) is 0 Å². The maximum atomic E-state index is 11.9. The topological polar surface area (TPSA) is 69.6 Å². The summed E-state index contributed by atoms with van der Waals surface area (Å²) in [7, 11) is 1.69. The van der Waals surface area contributed by atoms with Crippen LogP contribution in [-0.4, -0.2) is 41.6 Å². The fourth-order valence-corrected chi connectivity index (χ4v) is 1.61. The Kier molecular flexibility index (Phi) is 7.39. The van der Waals surface area contributed by atoms with Gasteiger partial charge in [-0.1, -0.05) is 40.5 Å². The van der Waals surface area contributed by atoms with Crippen LogP contribution in [0, 0.1) is 11.8 Å². The summed E-state index contributed by atoms with van der Waals surface area (Å²) in [5.74, 6) is -0.647. The van der Waals surface area contributed by atoms with Gasteiger partial charge in [0.1, 0.15) is 6.04 Å². The Morgan fingerprint density at radius 3 is 2.17 bits per heavy atom. The van der Waals surface area contributed by atoms with E-state index in [2.05, 4.69) is 19.2 Å². The van der Waals surface area contributed by atoms with Crippen LogP contribution in [0.25, 0.3) is 0 Å². The first-order valence-corrected chi connectivity index (χ1v) is 6.57. The lowest BCUT2D eigenvalue weighted by Gasteiger charge is -2.26. The Labute approximate surface area is 110 Å². The maximum Gasteiger partial charge on any atom is 0.326 e. The SMILES string of the molecule is CCC(C)CN(C)C(=O)N[C@H](C(=O)O)C(C)CC. The average Bonchev–Trinajstić information content (AvgIpc) is 2.33. The zero-order chi connectivity index (χ0) is 14.3. The fraction of sp³-hybridized carbons (Fsp3) is 0.846. The molecule has 0 aromatic heterocycles. The molecule has 0 aliphatic heterocycles. The molecular formula is C13H26N2O3. The Morgan fingerprint density at radius 2 is 1.78 bits per heavy atom. The molecular weight excluding hydrogens is 232 g/mol. The number of carbonyl (C=O) groups is 2. The molecule has 0 heterocycles. The smallest absolute Gasteiger partial charge is 0.326 e. The van der Waals surface area contributed by atoms with Crippen molar-refractivity contribution < 1.29 is 14.7 Å². The molecule has 0 aromatic rings. The van der Waals surface area contributed by atoms with Crippen molar-refractivity contribution in [2.45, 2.75) is 46.6 Å². The van der Waals surface area contributed by atoms with E-state index < -0.39 is 12.0 Å². The molecule has 2 unspecified atom stereocenters. The standard InChI is InChI=1S/C13H26N2O3/c1-6-9(3)8-15(5)13(18)14-11(12(16)17)10(4)7-2/h9-11H,6-8H2,1-5H3,(H,14,18)(H,16,17)/t9?,10?,11-/m0/s1. The highest BCUT2D eigenvalue weighted by molar-refractivity contribution is 5.82. The van der Waals surface area contributed by atoms with Crippen LogP contribution in [0.3, 0.4) is 0 Å². The summed E-state index contributed by atoms with van der Waals surface area (Å²) in [6.45, 7) is 8.50. The number of carboxylic acid groups (broad SMARTS) is 1. The van der Waals surface area contributed by atoms with Gasteiger partial charge in [-0.3, -0.25) is 0 Å². The van der Waals surface area contributed by atoms with Crippen molar-refractivity contribution in [1.29, 1.82) is 0 Å². The molecule has 0 radical (unpaired) electrons. The minimum absolute atomic E-state index is 0.0801. The molecule has 5 nitrogen and oxygen atoms in total. The van der Waals surface area contributed by atoms with E-state index in [1.807, 2.05) is 13.8 Å². The first-order chi connectivity index (χ1) is 8.33. The fourth-order valence-electron chi connectivity index (χ4n) is 1.61. The highest BCUT2D eigenvalue weighted by Gasteiger charge is 2.26. The van der Waals surface area contributed by atoms with Crippen LogP contribution in [0.1, 0.15) is 40.5 Å². The number of carbonyl (C=O) groups excluding carboxylic acids is 1. The predicted octanol–water partition coefficient (Wildman–Crippen LogP) is 2.17. The highest BCUT2D eigenvalue weighted by atomic mass is 16.4. The van der Waals surface area contributed by atoms with Crippen molar-refractivity contribution in [2.24, 2.45) is 11.8 Å². The van der Waals surface area contributed by atoms with Crippen LogP contribution in [-0.2, 0) is 4.79 Å². The molecule has 3 atom stereocenters. The summed E-state index contributed by atoms with van der Waals surface area (Å²) >= 11 is 0. The Hall–Kier alpha value is -1.26. The Morgan fingerprint density at radius 1 is 1.22 bits per heavy atom. The van der Waals surface area contributed by atoms with Gasteiger partial charge in [-0.05, 0) is 11.8 Å². The average molecular weight is 258 g/mol. The lowest BCUT2D eigenvalue weighted by Crippen LogP contribution is -2.50. The number of nitrogens with one attached hydrogen (secondary N) is 1. The number of rotatable bonds is 7. The highest BCUT2D eigenvalue weighted by Crippen LogP contribution is 2.09. The zero-order valence-corrected chi connectivity index (χ0v) is 12.1. The van der Waals surface area contributed by atoms with Crippen LogP contribution in [0.4, 0.5) is 4.79 Å². The molecule has 106 valence electrons. The largest absolute Gasteiger partial charge is 0.480 e. The number of amides is 2. The predicted molar refractivity (Wildman–Crippen MR) is 71.5 cm³/mol. The van der Waals surface area contributed by atoms with Gasteiger partial charge in [0.25, 0.3) is 0 Å². The van der Waals surface area contributed by atoms with Crippen molar-refractivity contribution in [2.75, 3.05) is 13.6 Å². The van der Waals surface area contributed by atoms with Gasteiger partial charge in [-0.15, -0.1) is 0 Å². The third-order valence-corrected chi connectivity index (χ3v) is 3.39. The number of nitrogens with zero attached hydrogens (tertiary/aromatic N) is 1. The quantitative estimate of drug-likeness (QED) is 0.735. The molecule has 18 heavy (non-hydrogen) atoms. The van der Waals surface area contributed by atoms with Crippen LogP contribution >= 0.6 is 0 Å². The Balaban J connectivity index is 4.46. The zero-order valence-electron chi connectivity index (χ0n) is 12.1. The van der Waals surface area contributed by atoms with Crippen molar-refractivity contribution in [3.8, 4) is 0 Å². The normalized spacial score (nSPS) is 15.6. The van der Waals surface area contributed by atoms with Crippen LogP contribution in [0.5, 0.6) is 0 Å². The number of hydrogen-bond donors (Lipinski definition) is 2. The van der Waals surface area contributed by atoms with Crippen LogP contribution in [0.15, 0.2) is 0 Å². The van der Waals surface area contributed by atoms with E-state index >= 15 is 0 Å². The summed E-state index contributed by atoms with van der Waals surface area (Å²) in [6, 6.07) is -1.13. The van der Waals surface area contributed by atoms with Gasteiger partial charge in [-0.25, -0.2) is 9.59 Å². The van der Waals surface area contributed by atoms with Gasteiger partial charge < -0.3 is 15.3 Å². The van der Waals surface area contributed by atoms with Crippen molar-refractivity contribution in [1.82, 2.24) is 10.2 Å². The monoisotopic (exact) mass is 258 g/mol. The van der Waals surface area contributed by atoms with Gasteiger partial charge in [-0.2, -0.15) is 0 Å². The molecule has 0 bridgehead atoms. The molecule has 0 spiro atoms. The number of hydrogen-bond acceptors (Lipinski definition) is 2. The molecule has 2 N–H and O–H groups in total. The molecule has 0 rings (SSSR count). The van der Waals surface area contributed by atoms with E-state index in [-0.39, 0.29) is 11.9 Å². The van der Waals surface area contributed by atoms with E-state index in [1.54, 1.807) is 11.9 Å². The second-order valence-electron chi connectivity index (χ2n) is 5.04. The molecule has 0 aliphatic carbocycles. The van der Waals surface area contributed by atoms with E-state index in [9.17, 15) is 9.59 Å². The summed E-state index contributed by atoms with van der Waals surface area (Å²) in [4.78, 5) is 24.5. The maximum absolute atomic E-state index is 11.9. The summed E-state index contributed by atoms with van der Waals surface area (Å²) in [5.41, 5.74) is 0. The number of urea groups is 1. The third kappa shape index (κ3) is 5.38. The summed E-state index contributed by atoms with van der Waals surface area (Å²) < 4.78 is 0. The molecule has 2 amide bonds. The minimum atomic E-state index is -0.977. The molecule has 0 fully saturated rings. The lowest BCUT2D eigenvalue weighted by molar-refractivity contribution is -0.140. The van der Waals surface area contributed by atoms with Gasteiger partial charge in [0.05, 0.1) is 0 Å². The molecule has 0 aliphatic rings. The third-order valence-electron chi connectivity index (χ3n) is 3.39. The first kappa shape index (κ1) is 16.7. The summed E-state index contributed by atoms with van der Waals surface area (Å²) in [6.07, 6.45) is 1.71. The van der Waals surface area contributed by atoms with Gasteiger partial charge in [0.15, 0.2) is 0 Å². The van der Waals surface area contributed by atoms with Crippen molar-refractivity contribution >= 4 is 12.0 Å². The first-order valence-electron chi connectivity index (χ1n) is 6.57. The molecule has 0 saturated carbocycles. The lowest BCUT2D eigenvalue weighted by atomic mass is 9.99. The van der Waals surface area contributed by atoms with Crippen molar-refractivity contribution in [3.63, 3.8) is 0 Å². The molecule has 0 saturated heterocycles.